The molecule has 0 saturated carbocycles. The molecular formula is C8H9BrN2O2. The molecule has 0 radical (unpaired) electrons. The van der Waals surface area contributed by atoms with Crippen molar-refractivity contribution in [3.05, 3.63) is 16.1 Å². The Morgan fingerprint density at radius 2 is 2.31 bits per heavy atom. The van der Waals surface area contributed by atoms with Crippen LogP contribution >= 0.6 is 15.9 Å². The SMILES string of the molecule is CC(=O)Oc1nc(N)c(Br)cc1C. The normalized spacial score (nSPS) is 9.77. The Bertz CT molecular complexity index is 352. The van der Waals surface area contributed by atoms with E-state index >= 15 is 0 Å². The molecule has 0 bridgehead atoms. The lowest BCUT2D eigenvalue weighted by molar-refractivity contribution is -0.132. The van der Waals surface area contributed by atoms with Gasteiger partial charge in [-0.05, 0) is 28.9 Å². The highest BCUT2D eigenvalue weighted by Gasteiger charge is 2.07. The van der Waals surface area contributed by atoms with E-state index in [9.17, 15) is 4.79 Å². The van der Waals surface area contributed by atoms with Gasteiger partial charge in [-0.3, -0.25) is 4.79 Å². The van der Waals surface area contributed by atoms with Crippen LogP contribution in [0.15, 0.2) is 10.5 Å². The summed E-state index contributed by atoms with van der Waals surface area (Å²) in [6.45, 7) is 3.11. The lowest BCUT2D eigenvalue weighted by Crippen LogP contribution is -2.06. The van der Waals surface area contributed by atoms with Crippen LogP contribution in [-0.4, -0.2) is 11.0 Å². The zero-order valence-corrected chi connectivity index (χ0v) is 8.88. The maximum Gasteiger partial charge on any atom is 0.309 e. The number of ether oxygens (including phenoxy) is 1. The van der Waals surface area contributed by atoms with E-state index in [0.717, 1.165) is 5.56 Å². The first kappa shape index (κ1) is 9.98. The third-order valence-corrected chi connectivity index (χ3v) is 2.02. The second kappa shape index (κ2) is 3.74. The molecule has 70 valence electrons. The summed E-state index contributed by atoms with van der Waals surface area (Å²) in [5, 5.41) is 0. The first-order valence-electron chi connectivity index (χ1n) is 3.61. The molecule has 1 rings (SSSR count). The van der Waals surface area contributed by atoms with Crippen LogP contribution in [0.4, 0.5) is 5.82 Å². The first-order valence-corrected chi connectivity index (χ1v) is 4.41. The fraction of sp³-hybridized carbons (Fsp3) is 0.250. The van der Waals surface area contributed by atoms with Crippen LogP contribution in [0.3, 0.4) is 0 Å². The molecule has 0 spiro atoms. The molecule has 0 aliphatic rings. The Labute approximate surface area is 84.2 Å². The highest BCUT2D eigenvalue weighted by Crippen LogP contribution is 2.24. The average Bonchev–Trinajstić information content (AvgIpc) is 1.99. The lowest BCUT2D eigenvalue weighted by Gasteiger charge is -2.05. The molecule has 0 amide bonds. The molecule has 0 aromatic carbocycles. The molecular weight excluding hydrogens is 236 g/mol. The zero-order valence-electron chi connectivity index (χ0n) is 7.30. The molecule has 5 heteroatoms. The third-order valence-electron chi connectivity index (χ3n) is 1.39. The van der Waals surface area contributed by atoms with Crippen LogP contribution in [-0.2, 0) is 4.79 Å². The summed E-state index contributed by atoms with van der Waals surface area (Å²) < 4.78 is 5.53. The first-order chi connectivity index (χ1) is 6.00. The van der Waals surface area contributed by atoms with E-state index in [0.29, 0.717) is 10.3 Å². The summed E-state index contributed by atoms with van der Waals surface area (Å²) in [5.41, 5.74) is 6.28. The summed E-state index contributed by atoms with van der Waals surface area (Å²) in [7, 11) is 0. The number of aromatic nitrogens is 1. The number of hydrogen-bond donors (Lipinski definition) is 1. The third kappa shape index (κ3) is 2.42. The predicted octanol–water partition coefficient (Wildman–Crippen LogP) is 1.66. The Morgan fingerprint density at radius 1 is 1.69 bits per heavy atom. The maximum absolute atomic E-state index is 10.6. The van der Waals surface area contributed by atoms with Crippen LogP contribution in [0.5, 0.6) is 5.88 Å². The highest BCUT2D eigenvalue weighted by molar-refractivity contribution is 9.10. The number of nitrogen functional groups attached to an aromatic ring is 1. The van der Waals surface area contributed by atoms with E-state index in [4.69, 9.17) is 10.5 Å². The van der Waals surface area contributed by atoms with Gasteiger partial charge in [0.25, 0.3) is 0 Å². The second-order valence-corrected chi connectivity index (χ2v) is 3.43. The number of aryl methyl sites for hydroxylation is 1. The minimum absolute atomic E-state index is 0.258. The molecule has 1 aromatic heterocycles. The van der Waals surface area contributed by atoms with Gasteiger partial charge < -0.3 is 10.5 Å². The van der Waals surface area contributed by atoms with Crippen molar-refractivity contribution < 1.29 is 9.53 Å². The van der Waals surface area contributed by atoms with Crippen molar-refractivity contribution in [2.45, 2.75) is 13.8 Å². The molecule has 0 aliphatic heterocycles. The number of esters is 1. The molecule has 1 aromatic rings. The van der Waals surface area contributed by atoms with Crippen molar-refractivity contribution in [3.8, 4) is 5.88 Å². The van der Waals surface area contributed by atoms with E-state index in [1.54, 1.807) is 13.0 Å². The Hall–Kier alpha value is -1.10. The molecule has 13 heavy (non-hydrogen) atoms. The lowest BCUT2D eigenvalue weighted by atomic mass is 10.3. The fourth-order valence-corrected chi connectivity index (χ4v) is 1.25. The molecule has 0 atom stereocenters. The smallest absolute Gasteiger partial charge is 0.309 e. The predicted molar refractivity (Wildman–Crippen MR) is 52.4 cm³/mol. The molecule has 4 nitrogen and oxygen atoms in total. The van der Waals surface area contributed by atoms with Crippen LogP contribution in [0.2, 0.25) is 0 Å². The van der Waals surface area contributed by atoms with E-state index in [-0.39, 0.29) is 5.88 Å². The number of anilines is 1. The summed E-state index contributed by atoms with van der Waals surface area (Å²) >= 11 is 3.22. The van der Waals surface area contributed by atoms with Gasteiger partial charge in [0.05, 0.1) is 4.47 Å². The van der Waals surface area contributed by atoms with E-state index in [1.807, 2.05) is 0 Å². The number of halogens is 1. The summed E-state index contributed by atoms with van der Waals surface area (Å²) in [5.74, 6) is 0.160. The minimum Gasteiger partial charge on any atom is -0.407 e. The number of nitrogens with two attached hydrogens (primary N) is 1. The number of pyridine rings is 1. The minimum atomic E-state index is -0.405. The Kier molecular flexibility index (Phi) is 2.87. The number of hydrogen-bond acceptors (Lipinski definition) is 4. The molecule has 2 N–H and O–H groups in total. The van der Waals surface area contributed by atoms with Crippen molar-refractivity contribution in [1.29, 1.82) is 0 Å². The van der Waals surface area contributed by atoms with Gasteiger partial charge >= 0.3 is 5.97 Å². The van der Waals surface area contributed by atoms with Crippen LogP contribution in [0.25, 0.3) is 0 Å². The van der Waals surface area contributed by atoms with Crippen molar-refractivity contribution >= 4 is 27.7 Å². The molecule has 0 unspecified atom stereocenters. The van der Waals surface area contributed by atoms with E-state index in [1.165, 1.54) is 6.92 Å². The van der Waals surface area contributed by atoms with Crippen molar-refractivity contribution in [2.75, 3.05) is 5.73 Å². The number of nitrogens with zero attached hydrogens (tertiary/aromatic N) is 1. The van der Waals surface area contributed by atoms with E-state index in [2.05, 4.69) is 20.9 Å². The van der Waals surface area contributed by atoms with Crippen molar-refractivity contribution in [2.24, 2.45) is 0 Å². The van der Waals surface area contributed by atoms with Gasteiger partial charge in [-0.15, -0.1) is 0 Å². The van der Waals surface area contributed by atoms with Crippen LogP contribution in [0.1, 0.15) is 12.5 Å². The van der Waals surface area contributed by atoms with Gasteiger partial charge in [-0.1, -0.05) is 0 Å². The molecule has 0 saturated heterocycles. The van der Waals surface area contributed by atoms with Gasteiger partial charge in [0.2, 0.25) is 5.88 Å². The van der Waals surface area contributed by atoms with Gasteiger partial charge in [0.15, 0.2) is 0 Å². The standard InChI is InChI=1S/C8H9BrN2O2/c1-4-3-6(9)7(10)11-8(4)13-5(2)12/h3H,1-2H3,(H2,10,11). The summed E-state index contributed by atoms with van der Waals surface area (Å²) in [4.78, 5) is 14.5. The fourth-order valence-electron chi connectivity index (χ4n) is 0.816. The van der Waals surface area contributed by atoms with Gasteiger partial charge in [-0.2, -0.15) is 4.98 Å². The van der Waals surface area contributed by atoms with Crippen LogP contribution < -0.4 is 10.5 Å². The number of carbonyl (C=O) groups is 1. The molecule has 0 aliphatic carbocycles. The van der Waals surface area contributed by atoms with Gasteiger partial charge in [0, 0.05) is 12.5 Å². The largest absolute Gasteiger partial charge is 0.407 e. The highest BCUT2D eigenvalue weighted by atomic mass is 79.9. The second-order valence-electron chi connectivity index (χ2n) is 2.57. The van der Waals surface area contributed by atoms with Crippen molar-refractivity contribution in [1.82, 2.24) is 4.98 Å². The van der Waals surface area contributed by atoms with Gasteiger partial charge in [-0.25, -0.2) is 0 Å². The number of rotatable bonds is 1. The van der Waals surface area contributed by atoms with E-state index < -0.39 is 5.97 Å². The summed E-state index contributed by atoms with van der Waals surface area (Å²) in [6.07, 6.45) is 0. The Balaban J connectivity index is 3.08. The maximum atomic E-state index is 10.6. The molecule has 0 fully saturated rings. The monoisotopic (exact) mass is 244 g/mol. The Morgan fingerprint density at radius 3 is 2.85 bits per heavy atom. The van der Waals surface area contributed by atoms with Gasteiger partial charge in [0.1, 0.15) is 5.82 Å². The zero-order chi connectivity index (χ0) is 10.0. The average molecular weight is 245 g/mol. The topological polar surface area (TPSA) is 65.2 Å². The number of carbonyl (C=O) groups excluding carboxylic acids is 1. The molecule has 1 heterocycles. The van der Waals surface area contributed by atoms with Crippen molar-refractivity contribution in [3.63, 3.8) is 0 Å². The van der Waals surface area contributed by atoms with Crippen LogP contribution in [0, 0.1) is 6.92 Å². The quantitative estimate of drug-likeness (QED) is 0.764. The summed E-state index contributed by atoms with van der Waals surface area (Å²) in [6, 6.07) is 1.75.